The lowest BCUT2D eigenvalue weighted by Gasteiger charge is -2.45. The number of allylic oxidation sites excluding steroid dienone is 1. The Morgan fingerprint density at radius 1 is 1.19 bits per heavy atom. The quantitative estimate of drug-likeness (QED) is 0.511. The van der Waals surface area contributed by atoms with Gasteiger partial charge in [0.1, 0.15) is 11.6 Å². The van der Waals surface area contributed by atoms with Crippen molar-refractivity contribution < 1.29 is 4.74 Å². The summed E-state index contributed by atoms with van der Waals surface area (Å²) in [4.78, 5) is 15.2. The van der Waals surface area contributed by atoms with Crippen LogP contribution >= 0.6 is 0 Å². The Labute approximate surface area is 222 Å². The summed E-state index contributed by atoms with van der Waals surface area (Å²) in [5.41, 5.74) is 6.52. The molecule has 1 aromatic carbocycles. The summed E-state index contributed by atoms with van der Waals surface area (Å²) in [6.07, 6.45) is 4.01. The van der Waals surface area contributed by atoms with Crippen LogP contribution in [0.2, 0.25) is 0 Å². The van der Waals surface area contributed by atoms with E-state index in [1.807, 2.05) is 20.2 Å². The topological polar surface area (TPSA) is 77.4 Å². The van der Waals surface area contributed by atoms with Gasteiger partial charge >= 0.3 is 0 Å². The van der Waals surface area contributed by atoms with Gasteiger partial charge < -0.3 is 25.3 Å². The molecule has 1 aromatic heterocycles. The molecule has 1 unspecified atom stereocenters. The Morgan fingerprint density at radius 2 is 1.89 bits per heavy atom. The number of benzene rings is 1. The first-order valence-corrected chi connectivity index (χ1v) is 13.5. The third-order valence-electron chi connectivity index (χ3n) is 7.97. The van der Waals surface area contributed by atoms with E-state index in [0.717, 1.165) is 67.7 Å². The van der Waals surface area contributed by atoms with Gasteiger partial charge in [-0.25, -0.2) is 9.97 Å². The van der Waals surface area contributed by atoms with Gasteiger partial charge in [0.25, 0.3) is 0 Å². The van der Waals surface area contributed by atoms with E-state index in [1.54, 1.807) is 0 Å². The highest BCUT2D eigenvalue weighted by atomic mass is 16.5. The first-order valence-electron chi connectivity index (χ1n) is 13.5. The van der Waals surface area contributed by atoms with E-state index in [1.165, 1.54) is 16.7 Å². The number of nitrogens with zero attached hydrogens (tertiary/aromatic N) is 4. The molecule has 4 rings (SSSR count). The number of aromatic nitrogens is 2. The number of hydrogen-bond acceptors (Lipinski definition) is 7. The van der Waals surface area contributed by atoms with Crippen molar-refractivity contribution in [2.75, 3.05) is 38.7 Å². The predicted molar refractivity (Wildman–Crippen MR) is 152 cm³/mol. The standard InChI is InChI=1S/C30H44N6O/c1-19(2)23(31)16-26(32-7)35-14-12-24-22(17-35)29(36-15-13-25(37-8)30(5,6)18-36)34-28(33-24)27-20(3)10-9-11-21(27)4/h9-11,16,19,25,31-32H,12-15,17-18H2,1-8H3/b26-16+,31-23?. The maximum absolute atomic E-state index is 8.40. The molecule has 0 bridgehead atoms. The molecule has 7 heteroatoms. The van der Waals surface area contributed by atoms with Gasteiger partial charge in [-0.2, -0.15) is 0 Å². The Morgan fingerprint density at radius 3 is 2.49 bits per heavy atom. The Balaban J connectivity index is 1.80. The van der Waals surface area contributed by atoms with Crippen LogP contribution in [-0.2, 0) is 17.7 Å². The number of methoxy groups -OCH3 is 1. The van der Waals surface area contributed by atoms with E-state index >= 15 is 0 Å². The molecule has 2 N–H and O–H groups in total. The Hall–Kier alpha value is -2.93. The van der Waals surface area contributed by atoms with Crippen LogP contribution < -0.4 is 10.2 Å². The Bertz CT molecular complexity index is 1160. The molecule has 0 spiro atoms. The van der Waals surface area contributed by atoms with Crippen molar-refractivity contribution in [1.82, 2.24) is 20.2 Å². The van der Waals surface area contributed by atoms with Gasteiger partial charge in [-0.3, -0.25) is 0 Å². The summed E-state index contributed by atoms with van der Waals surface area (Å²) in [6, 6.07) is 6.39. The highest BCUT2D eigenvalue weighted by Gasteiger charge is 2.38. The van der Waals surface area contributed by atoms with Gasteiger partial charge in [0, 0.05) is 69.0 Å². The van der Waals surface area contributed by atoms with Gasteiger partial charge in [0.05, 0.1) is 11.8 Å². The van der Waals surface area contributed by atoms with E-state index in [9.17, 15) is 0 Å². The molecule has 37 heavy (non-hydrogen) atoms. The fourth-order valence-corrected chi connectivity index (χ4v) is 5.73. The average Bonchev–Trinajstić information content (AvgIpc) is 2.85. The second kappa shape index (κ2) is 10.8. The van der Waals surface area contributed by atoms with Crippen LogP contribution in [-0.4, -0.2) is 60.5 Å². The zero-order valence-electron chi connectivity index (χ0n) is 23.9. The fourth-order valence-electron chi connectivity index (χ4n) is 5.73. The van der Waals surface area contributed by atoms with Gasteiger partial charge in [-0.05, 0) is 43.4 Å². The molecule has 0 aliphatic carbocycles. The summed E-state index contributed by atoms with van der Waals surface area (Å²) in [5, 5.41) is 11.7. The monoisotopic (exact) mass is 504 g/mol. The van der Waals surface area contributed by atoms with Crippen LogP contribution in [0.4, 0.5) is 5.82 Å². The van der Waals surface area contributed by atoms with Crippen molar-refractivity contribution >= 4 is 11.5 Å². The van der Waals surface area contributed by atoms with Gasteiger partial charge in [0.15, 0.2) is 5.82 Å². The minimum atomic E-state index is 0.0142. The molecule has 2 aromatic rings. The van der Waals surface area contributed by atoms with Crippen molar-refractivity contribution in [3.63, 3.8) is 0 Å². The maximum atomic E-state index is 8.40. The largest absolute Gasteiger partial charge is 0.381 e. The normalized spacial score (nSPS) is 19.7. The summed E-state index contributed by atoms with van der Waals surface area (Å²) < 4.78 is 5.84. The molecule has 2 aliphatic rings. The first-order chi connectivity index (χ1) is 17.6. The average molecular weight is 505 g/mol. The molecular formula is C30H44N6O. The number of aryl methyl sites for hydroxylation is 2. The minimum absolute atomic E-state index is 0.0142. The number of ether oxygens (including phenoxy) is 1. The number of nitrogens with one attached hydrogen (secondary N) is 2. The van der Waals surface area contributed by atoms with E-state index < -0.39 is 0 Å². The van der Waals surface area contributed by atoms with Crippen LogP contribution in [0.1, 0.15) is 56.5 Å². The smallest absolute Gasteiger partial charge is 0.162 e. The number of anilines is 1. The first kappa shape index (κ1) is 27.1. The zero-order chi connectivity index (χ0) is 26.9. The van der Waals surface area contributed by atoms with Crippen molar-refractivity contribution in [1.29, 1.82) is 5.41 Å². The van der Waals surface area contributed by atoms with Crippen molar-refractivity contribution in [2.45, 2.75) is 67.0 Å². The lowest BCUT2D eigenvalue weighted by Crippen LogP contribution is -2.50. The van der Waals surface area contributed by atoms with Crippen LogP contribution in [0.3, 0.4) is 0 Å². The summed E-state index contributed by atoms with van der Waals surface area (Å²) in [5.74, 6) is 3.04. The van der Waals surface area contributed by atoms with Crippen molar-refractivity contribution in [3.8, 4) is 11.4 Å². The predicted octanol–water partition coefficient (Wildman–Crippen LogP) is 5.11. The molecule has 3 heterocycles. The Kier molecular flexibility index (Phi) is 7.93. The molecule has 0 radical (unpaired) electrons. The molecule has 2 aliphatic heterocycles. The number of fused-ring (bicyclic) bond motifs is 1. The second-order valence-electron chi connectivity index (χ2n) is 11.5. The molecule has 1 fully saturated rings. The van der Waals surface area contributed by atoms with Gasteiger partial charge in [-0.15, -0.1) is 0 Å². The lowest BCUT2D eigenvalue weighted by atomic mass is 9.81. The van der Waals surface area contributed by atoms with Crippen molar-refractivity contribution in [2.24, 2.45) is 11.3 Å². The van der Waals surface area contributed by atoms with E-state index in [4.69, 9.17) is 20.1 Å². The molecule has 7 nitrogen and oxygen atoms in total. The van der Waals surface area contributed by atoms with Gasteiger partial charge in [0.2, 0.25) is 0 Å². The van der Waals surface area contributed by atoms with Crippen LogP contribution in [0.25, 0.3) is 11.4 Å². The van der Waals surface area contributed by atoms with Gasteiger partial charge in [-0.1, -0.05) is 45.9 Å². The lowest BCUT2D eigenvalue weighted by molar-refractivity contribution is -0.00649. The van der Waals surface area contributed by atoms with Crippen LogP contribution in [0, 0.1) is 30.6 Å². The SMILES string of the molecule is CN/C(=C\C(=N)C(C)C)N1CCc2nc(-c3c(C)cccc3C)nc(N3CCC(OC)C(C)(C)C3)c2C1. The second-order valence-corrected chi connectivity index (χ2v) is 11.5. The third-order valence-corrected chi connectivity index (χ3v) is 7.97. The van der Waals surface area contributed by atoms with E-state index in [0.29, 0.717) is 5.71 Å². The zero-order valence-corrected chi connectivity index (χ0v) is 23.9. The van der Waals surface area contributed by atoms with E-state index in [2.05, 4.69) is 74.9 Å². The summed E-state index contributed by atoms with van der Waals surface area (Å²) in [6.45, 7) is 16.4. The van der Waals surface area contributed by atoms with Crippen LogP contribution in [0.15, 0.2) is 30.1 Å². The molecule has 200 valence electrons. The molecule has 1 saturated heterocycles. The number of rotatable bonds is 7. The minimum Gasteiger partial charge on any atom is -0.381 e. The molecular weight excluding hydrogens is 460 g/mol. The molecule has 1 atom stereocenters. The van der Waals surface area contributed by atoms with E-state index in [-0.39, 0.29) is 17.4 Å². The third kappa shape index (κ3) is 5.52. The number of hydrogen-bond donors (Lipinski definition) is 2. The highest BCUT2D eigenvalue weighted by molar-refractivity contribution is 5.94. The summed E-state index contributed by atoms with van der Waals surface area (Å²) in [7, 11) is 3.76. The van der Waals surface area contributed by atoms with Crippen LogP contribution in [0.5, 0.6) is 0 Å². The summed E-state index contributed by atoms with van der Waals surface area (Å²) >= 11 is 0. The maximum Gasteiger partial charge on any atom is 0.162 e. The van der Waals surface area contributed by atoms with Crippen molar-refractivity contribution in [3.05, 3.63) is 52.5 Å². The highest BCUT2D eigenvalue weighted by Crippen LogP contribution is 2.38. The fraction of sp³-hybridized carbons (Fsp3) is 0.567. The number of piperidine rings is 1. The molecule has 0 amide bonds. The molecule has 0 saturated carbocycles.